The van der Waals surface area contributed by atoms with Gasteiger partial charge in [-0.15, -0.1) is 0 Å². The Bertz CT molecular complexity index is 572. The summed E-state index contributed by atoms with van der Waals surface area (Å²) in [6.07, 6.45) is 1.71. The maximum Gasteiger partial charge on any atom is 0.112 e. The van der Waals surface area contributed by atoms with Crippen LogP contribution in [0.25, 0.3) is 11.0 Å². The van der Waals surface area contributed by atoms with E-state index in [2.05, 4.69) is 27.0 Å². The van der Waals surface area contributed by atoms with Crippen molar-refractivity contribution in [3.8, 4) is 6.07 Å². The van der Waals surface area contributed by atoms with Gasteiger partial charge in [0.2, 0.25) is 0 Å². The molecule has 0 radical (unpaired) electrons. The fraction of sp³-hybridized carbons (Fsp3) is 0.333. The van der Waals surface area contributed by atoms with Crippen molar-refractivity contribution in [1.82, 2.24) is 9.97 Å². The van der Waals surface area contributed by atoms with Crippen LogP contribution in [0.1, 0.15) is 6.92 Å². The molecule has 2 heterocycles. The van der Waals surface area contributed by atoms with Crippen molar-refractivity contribution in [2.24, 2.45) is 5.41 Å². The molecule has 4 nitrogen and oxygen atoms in total. The fourth-order valence-electron chi connectivity index (χ4n) is 2.24. The van der Waals surface area contributed by atoms with Gasteiger partial charge in [0.1, 0.15) is 5.52 Å². The Morgan fingerprint density at radius 3 is 3.06 bits per heavy atom. The molecule has 1 aromatic carbocycles. The molecule has 16 heavy (non-hydrogen) atoms. The number of anilines is 1. The number of para-hydroxylation sites is 1. The van der Waals surface area contributed by atoms with Crippen LogP contribution in [0.5, 0.6) is 0 Å². The smallest absolute Gasteiger partial charge is 0.112 e. The number of nitrogens with zero attached hydrogens (tertiary/aromatic N) is 3. The van der Waals surface area contributed by atoms with Crippen LogP contribution in [0.3, 0.4) is 0 Å². The molecule has 0 aliphatic carbocycles. The number of rotatable bonds is 1. The fourth-order valence-corrected chi connectivity index (χ4v) is 2.24. The molecule has 0 spiro atoms. The highest BCUT2D eigenvalue weighted by atomic mass is 15.2. The van der Waals surface area contributed by atoms with Gasteiger partial charge in [-0.25, -0.2) is 4.98 Å². The highest BCUT2D eigenvalue weighted by Crippen LogP contribution is 2.36. The summed E-state index contributed by atoms with van der Waals surface area (Å²) in [7, 11) is 0. The largest absolute Gasteiger partial charge is 0.366 e. The van der Waals surface area contributed by atoms with Crippen molar-refractivity contribution >= 4 is 16.7 Å². The molecule has 2 aromatic rings. The minimum atomic E-state index is -0.196. The summed E-state index contributed by atoms with van der Waals surface area (Å²) < 4.78 is 0. The number of fused-ring (bicyclic) bond motifs is 1. The first-order valence-electron chi connectivity index (χ1n) is 5.30. The molecule has 0 bridgehead atoms. The van der Waals surface area contributed by atoms with E-state index < -0.39 is 0 Å². The van der Waals surface area contributed by atoms with E-state index in [0.29, 0.717) is 0 Å². The van der Waals surface area contributed by atoms with Gasteiger partial charge in [-0.2, -0.15) is 5.26 Å². The molecule has 80 valence electrons. The first-order chi connectivity index (χ1) is 7.72. The highest BCUT2D eigenvalue weighted by molar-refractivity contribution is 5.88. The average molecular weight is 212 g/mol. The standard InChI is InChI=1S/C12H12N4/c1-12(5-13)6-16(7-12)10-4-2-3-9-11(10)15-8-14-9/h2-4,8H,6-7H2,1H3,(H,14,15). The van der Waals surface area contributed by atoms with Crippen LogP contribution < -0.4 is 4.90 Å². The monoisotopic (exact) mass is 212 g/mol. The predicted octanol–water partition coefficient (Wildman–Crippen LogP) is 1.91. The number of aromatic amines is 1. The zero-order chi connectivity index (χ0) is 11.2. The molecular formula is C12H12N4. The Kier molecular flexibility index (Phi) is 1.72. The van der Waals surface area contributed by atoms with Crippen LogP contribution >= 0.6 is 0 Å². The maximum absolute atomic E-state index is 8.98. The summed E-state index contributed by atoms with van der Waals surface area (Å²) in [5, 5.41) is 8.98. The van der Waals surface area contributed by atoms with Gasteiger partial charge in [0.15, 0.2) is 0 Å². The number of hydrogen-bond acceptors (Lipinski definition) is 3. The van der Waals surface area contributed by atoms with Crippen molar-refractivity contribution in [2.45, 2.75) is 6.92 Å². The Hall–Kier alpha value is -2.02. The van der Waals surface area contributed by atoms with Gasteiger partial charge >= 0.3 is 0 Å². The van der Waals surface area contributed by atoms with Gasteiger partial charge in [0, 0.05) is 13.1 Å². The van der Waals surface area contributed by atoms with Gasteiger partial charge in [0.05, 0.1) is 29.0 Å². The Morgan fingerprint density at radius 1 is 1.50 bits per heavy atom. The number of nitrogens with one attached hydrogen (secondary N) is 1. The van der Waals surface area contributed by atoms with E-state index in [9.17, 15) is 0 Å². The lowest BCUT2D eigenvalue weighted by Gasteiger charge is -2.44. The van der Waals surface area contributed by atoms with Gasteiger partial charge < -0.3 is 9.88 Å². The SMILES string of the molecule is CC1(C#N)CN(c2cccc3[nH]cnc23)C1. The molecule has 1 saturated heterocycles. The van der Waals surface area contributed by atoms with Gasteiger partial charge in [-0.3, -0.25) is 0 Å². The van der Waals surface area contributed by atoms with Crippen molar-refractivity contribution in [2.75, 3.05) is 18.0 Å². The van der Waals surface area contributed by atoms with E-state index in [0.717, 1.165) is 29.8 Å². The third-order valence-corrected chi connectivity index (χ3v) is 3.12. The summed E-state index contributed by atoms with van der Waals surface area (Å²) in [4.78, 5) is 9.61. The van der Waals surface area contributed by atoms with Crippen molar-refractivity contribution in [3.63, 3.8) is 0 Å². The summed E-state index contributed by atoms with van der Waals surface area (Å²) in [5.41, 5.74) is 2.95. The third-order valence-electron chi connectivity index (χ3n) is 3.12. The molecular weight excluding hydrogens is 200 g/mol. The molecule has 1 aromatic heterocycles. The lowest BCUT2D eigenvalue weighted by atomic mass is 9.83. The number of nitriles is 1. The second-order valence-electron chi connectivity index (χ2n) is 4.60. The summed E-state index contributed by atoms with van der Waals surface area (Å²) in [6, 6.07) is 8.43. The van der Waals surface area contributed by atoms with Crippen molar-refractivity contribution < 1.29 is 0 Å². The molecule has 1 aliphatic rings. The van der Waals surface area contributed by atoms with E-state index in [-0.39, 0.29) is 5.41 Å². The normalized spacial score (nSPS) is 18.1. The van der Waals surface area contributed by atoms with E-state index in [1.165, 1.54) is 0 Å². The van der Waals surface area contributed by atoms with Crippen molar-refractivity contribution in [3.05, 3.63) is 24.5 Å². The highest BCUT2D eigenvalue weighted by Gasteiger charge is 2.39. The molecule has 1 aliphatic heterocycles. The Labute approximate surface area is 93.5 Å². The molecule has 1 fully saturated rings. The zero-order valence-electron chi connectivity index (χ0n) is 9.07. The summed E-state index contributed by atoms with van der Waals surface area (Å²) in [6.45, 7) is 3.57. The summed E-state index contributed by atoms with van der Waals surface area (Å²) >= 11 is 0. The molecule has 0 unspecified atom stereocenters. The second kappa shape index (κ2) is 2.99. The van der Waals surface area contributed by atoms with E-state index in [1.807, 2.05) is 19.1 Å². The topological polar surface area (TPSA) is 55.7 Å². The van der Waals surface area contributed by atoms with Crippen LogP contribution in [-0.2, 0) is 0 Å². The number of imidazole rings is 1. The summed E-state index contributed by atoms with van der Waals surface area (Å²) in [5.74, 6) is 0. The first kappa shape index (κ1) is 9.22. The van der Waals surface area contributed by atoms with Gasteiger partial charge in [-0.05, 0) is 19.1 Å². The number of H-pyrrole nitrogens is 1. The molecule has 0 atom stereocenters. The van der Waals surface area contributed by atoms with Crippen LogP contribution in [0.15, 0.2) is 24.5 Å². The molecule has 1 N–H and O–H groups in total. The van der Waals surface area contributed by atoms with Crippen molar-refractivity contribution in [1.29, 1.82) is 5.26 Å². The number of aromatic nitrogens is 2. The molecule has 4 heteroatoms. The minimum absolute atomic E-state index is 0.196. The lowest BCUT2D eigenvalue weighted by molar-refractivity contribution is 0.337. The van der Waals surface area contributed by atoms with E-state index in [4.69, 9.17) is 5.26 Å². The van der Waals surface area contributed by atoms with Crippen LogP contribution in [0, 0.1) is 16.7 Å². The van der Waals surface area contributed by atoms with Crippen LogP contribution in [0.2, 0.25) is 0 Å². The first-order valence-corrected chi connectivity index (χ1v) is 5.30. The zero-order valence-corrected chi connectivity index (χ0v) is 9.07. The van der Waals surface area contributed by atoms with Crippen LogP contribution in [-0.4, -0.2) is 23.1 Å². The van der Waals surface area contributed by atoms with E-state index in [1.54, 1.807) is 6.33 Å². The quantitative estimate of drug-likeness (QED) is 0.785. The van der Waals surface area contributed by atoms with Crippen LogP contribution in [0.4, 0.5) is 5.69 Å². The minimum Gasteiger partial charge on any atom is -0.366 e. The van der Waals surface area contributed by atoms with Gasteiger partial charge in [0.25, 0.3) is 0 Å². The number of benzene rings is 1. The molecule has 0 saturated carbocycles. The van der Waals surface area contributed by atoms with E-state index >= 15 is 0 Å². The Morgan fingerprint density at radius 2 is 2.31 bits per heavy atom. The lowest BCUT2D eigenvalue weighted by Crippen LogP contribution is -2.54. The maximum atomic E-state index is 8.98. The third kappa shape index (κ3) is 1.18. The second-order valence-corrected chi connectivity index (χ2v) is 4.60. The average Bonchev–Trinajstić information content (AvgIpc) is 2.72. The molecule has 3 rings (SSSR count). The number of hydrogen-bond donors (Lipinski definition) is 1. The predicted molar refractivity (Wildman–Crippen MR) is 62.0 cm³/mol. The Balaban J connectivity index is 1.97. The van der Waals surface area contributed by atoms with Gasteiger partial charge in [-0.1, -0.05) is 6.07 Å². The molecule has 0 amide bonds.